The number of aromatic nitrogens is 1. The van der Waals surface area contributed by atoms with Crippen LogP contribution >= 0.6 is 0 Å². The molecule has 0 spiro atoms. The first-order valence-corrected chi connectivity index (χ1v) is 12.8. The molecule has 0 radical (unpaired) electrons. The van der Waals surface area contributed by atoms with Gasteiger partial charge in [0.15, 0.2) is 15.9 Å². The third-order valence-corrected chi connectivity index (χ3v) is 7.38. The van der Waals surface area contributed by atoms with Crippen molar-refractivity contribution in [1.82, 2.24) is 4.57 Å². The number of ether oxygens (including phenoxy) is 2. The maximum Gasteiger partial charge on any atom is 0.387 e. The summed E-state index contributed by atoms with van der Waals surface area (Å²) in [4.78, 5) is 25.4. The van der Waals surface area contributed by atoms with Crippen LogP contribution in [0.25, 0.3) is 5.69 Å². The SMILES string of the molecule is Cc1ccc(S(=O)(=O)CCC(=O)OC(C)C(=O)c2cc(C)n(-c3ccc(OC(F)F)cc3)c2C)cc1. The molecule has 0 amide bonds. The summed E-state index contributed by atoms with van der Waals surface area (Å²) in [6.45, 7) is 3.83. The second-order valence-corrected chi connectivity index (χ2v) is 10.5. The van der Waals surface area contributed by atoms with E-state index in [4.69, 9.17) is 4.74 Å². The minimum atomic E-state index is -3.67. The monoisotopic (exact) mass is 519 g/mol. The number of rotatable bonds is 10. The van der Waals surface area contributed by atoms with Gasteiger partial charge >= 0.3 is 12.6 Å². The maximum absolute atomic E-state index is 13.0. The lowest BCUT2D eigenvalue weighted by Crippen LogP contribution is -2.26. The zero-order chi connectivity index (χ0) is 26.6. The Hall–Kier alpha value is -3.53. The summed E-state index contributed by atoms with van der Waals surface area (Å²) in [7, 11) is -3.67. The number of ketones is 1. The number of halogens is 2. The molecule has 0 saturated carbocycles. The van der Waals surface area contributed by atoms with E-state index in [9.17, 15) is 26.8 Å². The normalized spacial score (nSPS) is 12.4. The highest BCUT2D eigenvalue weighted by molar-refractivity contribution is 7.91. The van der Waals surface area contributed by atoms with E-state index >= 15 is 0 Å². The molecule has 1 heterocycles. The second-order valence-electron chi connectivity index (χ2n) is 8.37. The fraction of sp³-hybridized carbons (Fsp3) is 0.308. The van der Waals surface area contributed by atoms with Crippen LogP contribution in [0.1, 0.15) is 40.7 Å². The summed E-state index contributed by atoms with van der Waals surface area (Å²) in [5.41, 5.74) is 3.16. The van der Waals surface area contributed by atoms with Crippen LogP contribution in [-0.2, 0) is 19.4 Å². The van der Waals surface area contributed by atoms with E-state index in [1.54, 1.807) is 48.7 Å². The molecule has 0 aliphatic rings. The molecule has 1 aromatic heterocycles. The van der Waals surface area contributed by atoms with Crippen molar-refractivity contribution in [3.63, 3.8) is 0 Å². The van der Waals surface area contributed by atoms with Gasteiger partial charge in [0, 0.05) is 22.6 Å². The Morgan fingerprint density at radius 2 is 1.58 bits per heavy atom. The molecule has 1 atom stereocenters. The molecule has 36 heavy (non-hydrogen) atoms. The van der Waals surface area contributed by atoms with Crippen molar-refractivity contribution >= 4 is 21.6 Å². The van der Waals surface area contributed by atoms with Crippen LogP contribution in [0, 0.1) is 20.8 Å². The van der Waals surface area contributed by atoms with Gasteiger partial charge in [0.1, 0.15) is 5.75 Å². The van der Waals surface area contributed by atoms with Crippen molar-refractivity contribution < 1.29 is 36.3 Å². The summed E-state index contributed by atoms with van der Waals surface area (Å²) in [5, 5.41) is 0. The van der Waals surface area contributed by atoms with Gasteiger partial charge in [0.2, 0.25) is 5.78 Å². The van der Waals surface area contributed by atoms with E-state index in [1.807, 2.05) is 6.92 Å². The van der Waals surface area contributed by atoms with Gasteiger partial charge in [-0.15, -0.1) is 0 Å². The Labute approximate surface area is 208 Å². The van der Waals surface area contributed by atoms with Crippen molar-refractivity contribution in [2.24, 2.45) is 0 Å². The van der Waals surface area contributed by atoms with Gasteiger partial charge in [-0.25, -0.2) is 8.42 Å². The van der Waals surface area contributed by atoms with Gasteiger partial charge in [-0.3, -0.25) is 9.59 Å². The lowest BCUT2D eigenvalue weighted by molar-refractivity contribution is -0.145. The predicted molar refractivity (Wildman–Crippen MR) is 130 cm³/mol. The third kappa shape index (κ3) is 6.37. The van der Waals surface area contributed by atoms with Crippen molar-refractivity contribution in [2.45, 2.75) is 51.7 Å². The summed E-state index contributed by atoms with van der Waals surface area (Å²) in [6, 6.07) is 13.9. The molecule has 0 N–H and O–H groups in total. The molecule has 0 bridgehead atoms. The Kier molecular flexibility index (Phi) is 8.29. The molecule has 0 fully saturated rings. The zero-order valence-electron chi connectivity index (χ0n) is 20.3. The number of hydrogen-bond donors (Lipinski definition) is 0. The topological polar surface area (TPSA) is 91.7 Å². The van der Waals surface area contributed by atoms with Gasteiger partial charge in [-0.1, -0.05) is 17.7 Å². The Bertz CT molecular complexity index is 1350. The summed E-state index contributed by atoms with van der Waals surface area (Å²) in [5.74, 6) is -1.66. The molecule has 3 rings (SSSR count). The molecule has 2 aromatic carbocycles. The van der Waals surface area contributed by atoms with Crippen molar-refractivity contribution in [3.05, 3.63) is 77.1 Å². The van der Waals surface area contributed by atoms with E-state index in [2.05, 4.69) is 4.74 Å². The average Bonchev–Trinajstić information content (AvgIpc) is 3.11. The number of nitrogens with zero attached hydrogens (tertiary/aromatic N) is 1. The quantitative estimate of drug-likeness (QED) is 0.277. The minimum absolute atomic E-state index is 0.0115. The van der Waals surface area contributed by atoms with E-state index in [1.165, 1.54) is 31.2 Å². The third-order valence-electron chi connectivity index (χ3n) is 5.65. The van der Waals surface area contributed by atoms with E-state index in [-0.39, 0.29) is 17.1 Å². The number of alkyl halides is 2. The lowest BCUT2D eigenvalue weighted by Gasteiger charge is -2.14. The van der Waals surface area contributed by atoms with Crippen LogP contribution in [0.4, 0.5) is 8.78 Å². The molecule has 0 saturated heterocycles. The van der Waals surface area contributed by atoms with E-state index < -0.39 is 40.1 Å². The van der Waals surface area contributed by atoms with Crippen LogP contribution < -0.4 is 4.74 Å². The first-order valence-electron chi connectivity index (χ1n) is 11.2. The van der Waals surface area contributed by atoms with Crippen molar-refractivity contribution in [2.75, 3.05) is 5.75 Å². The minimum Gasteiger partial charge on any atom is -0.454 e. The van der Waals surface area contributed by atoms with Crippen molar-refractivity contribution in [1.29, 1.82) is 0 Å². The Morgan fingerprint density at radius 1 is 0.972 bits per heavy atom. The number of aryl methyl sites for hydroxylation is 2. The van der Waals surface area contributed by atoms with Gasteiger partial charge < -0.3 is 14.0 Å². The first-order chi connectivity index (χ1) is 16.9. The Balaban J connectivity index is 1.67. The van der Waals surface area contributed by atoms with Crippen molar-refractivity contribution in [3.8, 4) is 11.4 Å². The molecular weight excluding hydrogens is 492 g/mol. The summed E-state index contributed by atoms with van der Waals surface area (Å²) >= 11 is 0. The molecular formula is C26H27F2NO6S. The van der Waals surface area contributed by atoms with Crippen LogP contribution in [0.3, 0.4) is 0 Å². The fourth-order valence-electron chi connectivity index (χ4n) is 3.80. The van der Waals surface area contributed by atoms with Crippen LogP contribution in [0.15, 0.2) is 59.5 Å². The summed E-state index contributed by atoms with van der Waals surface area (Å²) in [6.07, 6.45) is -1.52. The highest BCUT2D eigenvalue weighted by atomic mass is 32.2. The fourth-order valence-corrected chi connectivity index (χ4v) is 5.02. The number of benzene rings is 2. The highest BCUT2D eigenvalue weighted by Gasteiger charge is 2.25. The van der Waals surface area contributed by atoms with Crippen LogP contribution in [-0.4, -0.2) is 43.2 Å². The lowest BCUT2D eigenvalue weighted by atomic mass is 10.1. The Morgan fingerprint density at radius 3 is 2.17 bits per heavy atom. The number of hydrogen-bond acceptors (Lipinski definition) is 6. The molecule has 7 nitrogen and oxygen atoms in total. The molecule has 0 aliphatic heterocycles. The molecule has 0 aliphatic carbocycles. The number of Topliss-reactive ketones (excluding diaryl/α,β-unsaturated/α-hetero) is 1. The maximum atomic E-state index is 13.0. The smallest absolute Gasteiger partial charge is 0.387 e. The predicted octanol–water partition coefficient (Wildman–Crippen LogP) is 4.98. The number of sulfone groups is 1. The van der Waals surface area contributed by atoms with Crippen LogP contribution in [0.5, 0.6) is 5.75 Å². The number of carbonyl (C=O) groups excluding carboxylic acids is 2. The van der Waals surface area contributed by atoms with E-state index in [0.29, 0.717) is 22.6 Å². The number of carbonyl (C=O) groups is 2. The summed E-state index contributed by atoms with van der Waals surface area (Å²) < 4.78 is 61.1. The molecule has 3 aromatic rings. The zero-order valence-corrected chi connectivity index (χ0v) is 21.1. The number of esters is 1. The second kappa shape index (κ2) is 11.0. The van der Waals surface area contributed by atoms with Gasteiger partial charge in [0.05, 0.1) is 17.1 Å². The van der Waals surface area contributed by atoms with E-state index in [0.717, 1.165) is 5.56 Å². The molecule has 192 valence electrons. The standard InChI is InChI=1S/C26H27F2NO6S/c1-16-5-11-22(12-6-16)36(32,33)14-13-24(30)34-19(4)25(31)23-15-17(2)29(18(23)3)20-7-9-21(10-8-20)35-26(27)28/h5-12,15,19,26H,13-14H2,1-4H3. The van der Waals surface area contributed by atoms with Gasteiger partial charge in [-0.05, 0) is 70.2 Å². The van der Waals surface area contributed by atoms with Gasteiger partial charge in [0.25, 0.3) is 0 Å². The van der Waals surface area contributed by atoms with Crippen LogP contribution in [0.2, 0.25) is 0 Å². The van der Waals surface area contributed by atoms with Gasteiger partial charge in [-0.2, -0.15) is 8.78 Å². The average molecular weight is 520 g/mol. The first kappa shape index (κ1) is 27.1. The molecule has 10 heteroatoms. The largest absolute Gasteiger partial charge is 0.454 e. The highest BCUT2D eigenvalue weighted by Crippen LogP contribution is 2.25. The molecule has 1 unspecified atom stereocenters.